The van der Waals surface area contributed by atoms with Crippen molar-refractivity contribution in [3.8, 4) is 0 Å². The first-order valence-corrected chi connectivity index (χ1v) is 9.96. The SMILES string of the molecule is COC1=C(c2cc(N3CC(c4nc5ccccc5n4C)C3)nc(C)n2)N=CCC1. The highest BCUT2D eigenvalue weighted by Crippen LogP contribution is 2.33. The molecule has 7 heteroatoms. The van der Waals surface area contributed by atoms with E-state index in [1.54, 1.807) is 7.11 Å². The van der Waals surface area contributed by atoms with E-state index in [1.165, 1.54) is 5.52 Å². The van der Waals surface area contributed by atoms with Crippen LogP contribution in [0.25, 0.3) is 16.7 Å². The Balaban J connectivity index is 1.40. The van der Waals surface area contributed by atoms with Crippen molar-refractivity contribution >= 4 is 28.8 Å². The van der Waals surface area contributed by atoms with Gasteiger partial charge in [0.2, 0.25) is 0 Å². The van der Waals surface area contributed by atoms with Crippen molar-refractivity contribution in [2.45, 2.75) is 25.7 Å². The molecule has 1 aromatic carbocycles. The first-order chi connectivity index (χ1) is 14.1. The number of aryl methyl sites for hydroxylation is 2. The van der Waals surface area contributed by atoms with E-state index in [0.29, 0.717) is 5.92 Å². The topological polar surface area (TPSA) is 68.4 Å². The maximum Gasteiger partial charge on any atom is 0.132 e. The molecule has 4 heterocycles. The summed E-state index contributed by atoms with van der Waals surface area (Å²) in [6.45, 7) is 3.72. The number of imidazole rings is 1. The molecule has 0 amide bonds. The van der Waals surface area contributed by atoms with Crippen LogP contribution in [0.5, 0.6) is 0 Å². The van der Waals surface area contributed by atoms with Crippen LogP contribution in [-0.4, -0.2) is 45.9 Å². The van der Waals surface area contributed by atoms with Gasteiger partial charge in [0.25, 0.3) is 0 Å². The minimum absolute atomic E-state index is 0.396. The van der Waals surface area contributed by atoms with Crippen molar-refractivity contribution in [1.82, 2.24) is 19.5 Å². The summed E-state index contributed by atoms with van der Waals surface area (Å²) in [5.74, 6) is 4.10. The normalized spacial score (nSPS) is 17.1. The zero-order chi connectivity index (χ0) is 20.0. The quantitative estimate of drug-likeness (QED) is 0.685. The monoisotopic (exact) mass is 388 g/mol. The van der Waals surface area contributed by atoms with Gasteiger partial charge in [-0.2, -0.15) is 0 Å². The van der Waals surface area contributed by atoms with Crippen LogP contribution in [0.3, 0.4) is 0 Å². The second-order valence-corrected chi connectivity index (χ2v) is 7.60. The minimum Gasteiger partial charge on any atom is -0.499 e. The lowest BCUT2D eigenvalue weighted by Crippen LogP contribution is -2.46. The van der Waals surface area contributed by atoms with E-state index in [9.17, 15) is 0 Å². The van der Waals surface area contributed by atoms with Crippen molar-refractivity contribution in [1.29, 1.82) is 0 Å². The molecule has 0 saturated carbocycles. The number of allylic oxidation sites excluding steroid dienone is 1. The van der Waals surface area contributed by atoms with Crippen molar-refractivity contribution in [2.24, 2.45) is 12.0 Å². The fraction of sp³-hybridized carbons (Fsp3) is 0.364. The molecule has 0 unspecified atom stereocenters. The third kappa shape index (κ3) is 3.06. The van der Waals surface area contributed by atoms with Crippen molar-refractivity contribution < 1.29 is 4.74 Å². The smallest absolute Gasteiger partial charge is 0.132 e. The number of hydrogen-bond donors (Lipinski definition) is 0. The molecule has 2 aromatic heterocycles. The summed E-state index contributed by atoms with van der Waals surface area (Å²) >= 11 is 0. The van der Waals surface area contributed by atoms with Gasteiger partial charge in [-0.3, -0.25) is 4.99 Å². The van der Waals surface area contributed by atoms with E-state index in [1.807, 2.05) is 25.3 Å². The highest BCUT2D eigenvalue weighted by Gasteiger charge is 2.33. The maximum absolute atomic E-state index is 5.54. The average Bonchev–Trinajstić information content (AvgIpc) is 3.03. The number of ether oxygens (including phenoxy) is 1. The second-order valence-electron chi connectivity index (χ2n) is 7.60. The molecule has 1 saturated heterocycles. The van der Waals surface area contributed by atoms with E-state index >= 15 is 0 Å². The lowest BCUT2D eigenvalue weighted by molar-refractivity contribution is 0.279. The van der Waals surface area contributed by atoms with Gasteiger partial charge in [0.1, 0.15) is 28.9 Å². The van der Waals surface area contributed by atoms with Gasteiger partial charge >= 0.3 is 0 Å². The summed E-state index contributed by atoms with van der Waals surface area (Å²) in [6.07, 6.45) is 3.68. The van der Waals surface area contributed by atoms with E-state index in [-0.39, 0.29) is 0 Å². The molecule has 3 aromatic rings. The average molecular weight is 388 g/mol. The molecule has 2 aliphatic heterocycles. The van der Waals surface area contributed by atoms with Gasteiger partial charge in [-0.15, -0.1) is 0 Å². The summed E-state index contributed by atoms with van der Waals surface area (Å²) < 4.78 is 7.75. The molecule has 29 heavy (non-hydrogen) atoms. The number of hydrogen-bond acceptors (Lipinski definition) is 6. The van der Waals surface area contributed by atoms with Crippen molar-refractivity contribution in [2.75, 3.05) is 25.1 Å². The van der Waals surface area contributed by atoms with E-state index in [0.717, 1.165) is 66.1 Å². The number of benzene rings is 1. The number of methoxy groups -OCH3 is 1. The Morgan fingerprint density at radius 2 is 1.93 bits per heavy atom. The Morgan fingerprint density at radius 1 is 1.10 bits per heavy atom. The van der Waals surface area contributed by atoms with Gasteiger partial charge in [0.15, 0.2) is 0 Å². The van der Waals surface area contributed by atoms with Crippen LogP contribution in [0.4, 0.5) is 5.82 Å². The number of aliphatic imine (C=N–C) groups is 1. The van der Waals surface area contributed by atoms with Crippen molar-refractivity contribution in [3.05, 3.63) is 53.4 Å². The standard InChI is InChI=1S/C22H24N6O/c1-14-24-17(21-19(29-3)9-6-10-23-21)11-20(25-14)28-12-15(13-28)22-26-16-7-4-5-8-18(16)27(22)2/h4-5,7-8,10-11,15H,6,9,12-13H2,1-3H3. The zero-order valence-electron chi connectivity index (χ0n) is 17.0. The number of para-hydroxylation sites is 2. The van der Waals surface area contributed by atoms with Crippen LogP contribution in [0, 0.1) is 6.92 Å². The molecule has 0 N–H and O–H groups in total. The van der Waals surface area contributed by atoms with Gasteiger partial charge in [-0.25, -0.2) is 15.0 Å². The molecule has 1 fully saturated rings. The summed E-state index contributed by atoms with van der Waals surface area (Å²) in [5, 5.41) is 0. The van der Waals surface area contributed by atoms with Gasteiger partial charge in [0.05, 0.1) is 29.8 Å². The molecule has 148 valence electrons. The van der Waals surface area contributed by atoms with Crippen LogP contribution >= 0.6 is 0 Å². The molecule has 2 aliphatic rings. The second kappa shape index (κ2) is 6.99. The van der Waals surface area contributed by atoms with Crippen LogP contribution < -0.4 is 4.90 Å². The van der Waals surface area contributed by atoms with Crippen LogP contribution in [0.1, 0.15) is 36.1 Å². The largest absolute Gasteiger partial charge is 0.499 e. The Morgan fingerprint density at radius 3 is 2.72 bits per heavy atom. The van der Waals surface area contributed by atoms with E-state index < -0.39 is 0 Å². The molecular formula is C22H24N6O. The highest BCUT2D eigenvalue weighted by atomic mass is 16.5. The molecule has 0 atom stereocenters. The van der Waals surface area contributed by atoms with Crippen LogP contribution in [0.2, 0.25) is 0 Å². The summed E-state index contributed by atoms with van der Waals surface area (Å²) in [6, 6.07) is 10.3. The van der Waals surface area contributed by atoms with Gasteiger partial charge in [-0.1, -0.05) is 12.1 Å². The molecular weight excluding hydrogens is 364 g/mol. The van der Waals surface area contributed by atoms with Crippen LogP contribution in [0.15, 0.2) is 41.1 Å². The first-order valence-electron chi connectivity index (χ1n) is 9.96. The third-order valence-electron chi connectivity index (χ3n) is 5.69. The Labute approximate surface area is 169 Å². The Hall–Kier alpha value is -3.22. The number of aromatic nitrogens is 4. The summed E-state index contributed by atoms with van der Waals surface area (Å²) in [7, 11) is 3.79. The van der Waals surface area contributed by atoms with E-state index in [2.05, 4.69) is 49.7 Å². The molecule has 0 spiro atoms. The fourth-order valence-electron chi connectivity index (χ4n) is 4.14. The Bertz CT molecular complexity index is 1140. The summed E-state index contributed by atoms with van der Waals surface area (Å²) in [5.41, 5.74) is 3.87. The molecule has 0 bridgehead atoms. The van der Waals surface area contributed by atoms with Gasteiger partial charge < -0.3 is 14.2 Å². The fourth-order valence-corrected chi connectivity index (χ4v) is 4.14. The molecule has 5 rings (SSSR count). The van der Waals surface area contributed by atoms with Gasteiger partial charge in [0, 0.05) is 38.8 Å². The molecule has 0 aliphatic carbocycles. The lowest BCUT2D eigenvalue weighted by Gasteiger charge is -2.39. The third-order valence-corrected chi connectivity index (χ3v) is 5.69. The van der Waals surface area contributed by atoms with Gasteiger partial charge in [-0.05, 0) is 25.5 Å². The lowest BCUT2D eigenvalue weighted by atomic mass is 9.99. The molecule has 7 nitrogen and oxygen atoms in total. The summed E-state index contributed by atoms with van der Waals surface area (Å²) in [4.78, 5) is 21.0. The Kier molecular flexibility index (Phi) is 4.30. The van der Waals surface area contributed by atoms with Crippen molar-refractivity contribution in [3.63, 3.8) is 0 Å². The number of rotatable bonds is 4. The highest BCUT2D eigenvalue weighted by molar-refractivity contribution is 5.78. The predicted molar refractivity (Wildman–Crippen MR) is 114 cm³/mol. The minimum atomic E-state index is 0.396. The maximum atomic E-state index is 5.54. The van der Waals surface area contributed by atoms with Crippen LogP contribution in [-0.2, 0) is 11.8 Å². The number of anilines is 1. The van der Waals surface area contributed by atoms with E-state index in [4.69, 9.17) is 9.72 Å². The first kappa shape index (κ1) is 17.8. The zero-order valence-corrected chi connectivity index (χ0v) is 17.0. The molecule has 0 radical (unpaired) electrons. The predicted octanol–water partition coefficient (Wildman–Crippen LogP) is 3.46. The number of fused-ring (bicyclic) bond motifs is 1. The number of nitrogens with zero attached hydrogens (tertiary/aromatic N) is 6.